The van der Waals surface area contributed by atoms with E-state index in [2.05, 4.69) is 0 Å². The Morgan fingerprint density at radius 3 is 2.67 bits per heavy atom. The molecule has 0 aliphatic carbocycles. The summed E-state index contributed by atoms with van der Waals surface area (Å²) in [6.07, 6.45) is 1.50. The van der Waals surface area contributed by atoms with E-state index in [4.69, 9.17) is 17.0 Å². The van der Waals surface area contributed by atoms with Crippen LogP contribution < -0.4 is 4.74 Å². The molecule has 0 bridgehead atoms. The van der Waals surface area contributed by atoms with Crippen LogP contribution in [0.4, 0.5) is 5.69 Å². The lowest BCUT2D eigenvalue weighted by Crippen LogP contribution is -2.27. The van der Waals surface area contributed by atoms with Crippen molar-refractivity contribution in [2.45, 2.75) is 6.54 Å². The first-order valence-electron chi connectivity index (χ1n) is 7.75. The summed E-state index contributed by atoms with van der Waals surface area (Å²) in [7, 11) is 1.29. The zero-order chi connectivity index (χ0) is 19.6. The third-order valence-corrected chi connectivity index (χ3v) is 5.23. The predicted octanol–water partition coefficient (Wildman–Crippen LogP) is 3.71. The van der Waals surface area contributed by atoms with E-state index in [0.29, 0.717) is 21.3 Å². The van der Waals surface area contributed by atoms with Gasteiger partial charge in [0.05, 0.1) is 23.5 Å². The molecular weight excluding hydrogens is 388 g/mol. The molecule has 2 aromatic rings. The molecule has 27 heavy (non-hydrogen) atoms. The number of nitro groups is 1. The van der Waals surface area contributed by atoms with Crippen LogP contribution in [0, 0.1) is 10.1 Å². The molecule has 1 amide bonds. The lowest BCUT2D eigenvalue weighted by molar-refractivity contribution is -0.386. The molecule has 1 saturated heterocycles. The molecule has 1 N–H and O–H groups in total. The van der Waals surface area contributed by atoms with Crippen molar-refractivity contribution in [1.29, 1.82) is 0 Å². The first kappa shape index (κ1) is 18.9. The van der Waals surface area contributed by atoms with Crippen molar-refractivity contribution in [3.63, 3.8) is 0 Å². The van der Waals surface area contributed by atoms with E-state index in [1.165, 1.54) is 30.2 Å². The van der Waals surface area contributed by atoms with E-state index in [1.807, 2.05) is 30.3 Å². The number of rotatable bonds is 5. The van der Waals surface area contributed by atoms with Gasteiger partial charge in [-0.05, 0) is 23.3 Å². The third kappa shape index (κ3) is 3.93. The number of carbonyl (C=O) groups excluding carboxylic acids is 1. The molecule has 2 aromatic carbocycles. The van der Waals surface area contributed by atoms with Crippen LogP contribution in [0.2, 0.25) is 0 Å². The lowest BCUT2D eigenvalue weighted by Gasteiger charge is -2.14. The van der Waals surface area contributed by atoms with Gasteiger partial charge in [0, 0.05) is 6.07 Å². The molecule has 9 heteroatoms. The number of ether oxygens (including phenoxy) is 1. The smallest absolute Gasteiger partial charge is 0.315 e. The average Bonchev–Trinajstić information content (AvgIpc) is 2.91. The molecule has 0 saturated carbocycles. The Labute approximate surface area is 164 Å². The summed E-state index contributed by atoms with van der Waals surface area (Å²) in [5, 5.41) is 21.0. The number of carbonyl (C=O) groups is 1. The number of nitro benzene ring substituents is 1. The van der Waals surface area contributed by atoms with Gasteiger partial charge < -0.3 is 9.84 Å². The molecule has 1 heterocycles. The van der Waals surface area contributed by atoms with Gasteiger partial charge in [0.1, 0.15) is 4.32 Å². The highest BCUT2D eigenvalue weighted by Gasteiger charge is 2.32. The maximum atomic E-state index is 12.7. The number of phenolic OH excluding ortho intramolecular Hbond substituents is 1. The van der Waals surface area contributed by atoms with Gasteiger partial charge in [0.15, 0.2) is 5.75 Å². The van der Waals surface area contributed by atoms with Crippen LogP contribution in [-0.4, -0.2) is 32.3 Å². The standard InChI is InChI=1S/C18H14N2O5S2/c1-25-14-8-12(7-13(16(14)21)20(23)24)9-15-17(22)19(18(26)27-15)10-11-5-3-2-4-6-11/h2-9,21H,10H2,1H3. The first-order valence-corrected chi connectivity index (χ1v) is 8.98. The maximum Gasteiger partial charge on any atom is 0.315 e. The van der Waals surface area contributed by atoms with E-state index in [-0.39, 0.29) is 11.7 Å². The van der Waals surface area contributed by atoms with Crippen molar-refractivity contribution in [1.82, 2.24) is 4.90 Å². The van der Waals surface area contributed by atoms with Gasteiger partial charge in [-0.25, -0.2) is 0 Å². The van der Waals surface area contributed by atoms with Gasteiger partial charge in [0.2, 0.25) is 5.75 Å². The van der Waals surface area contributed by atoms with Gasteiger partial charge in [0.25, 0.3) is 5.91 Å². The fourth-order valence-corrected chi connectivity index (χ4v) is 3.80. The van der Waals surface area contributed by atoms with Crippen LogP contribution in [0.5, 0.6) is 11.5 Å². The second-order valence-corrected chi connectivity index (χ2v) is 7.28. The van der Waals surface area contributed by atoms with E-state index < -0.39 is 16.4 Å². The van der Waals surface area contributed by atoms with E-state index in [1.54, 1.807) is 0 Å². The average molecular weight is 402 g/mol. The molecule has 7 nitrogen and oxygen atoms in total. The van der Waals surface area contributed by atoms with Crippen LogP contribution in [-0.2, 0) is 11.3 Å². The molecule has 0 unspecified atom stereocenters. The van der Waals surface area contributed by atoms with Crippen molar-refractivity contribution < 1.29 is 19.6 Å². The fourth-order valence-electron chi connectivity index (χ4n) is 2.55. The molecule has 138 valence electrons. The summed E-state index contributed by atoms with van der Waals surface area (Å²) in [4.78, 5) is 24.9. The van der Waals surface area contributed by atoms with E-state index >= 15 is 0 Å². The highest BCUT2D eigenvalue weighted by Crippen LogP contribution is 2.39. The number of aromatic hydroxyl groups is 1. The number of methoxy groups -OCH3 is 1. The van der Waals surface area contributed by atoms with Crippen LogP contribution in [0.15, 0.2) is 47.4 Å². The van der Waals surface area contributed by atoms with E-state index in [0.717, 1.165) is 17.3 Å². The monoisotopic (exact) mass is 402 g/mol. The summed E-state index contributed by atoms with van der Waals surface area (Å²) in [6.45, 7) is 0.349. The number of phenols is 1. The van der Waals surface area contributed by atoms with Crippen molar-refractivity contribution in [3.05, 3.63) is 68.6 Å². The number of amides is 1. The van der Waals surface area contributed by atoms with Gasteiger partial charge in [-0.2, -0.15) is 0 Å². The molecule has 1 fully saturated rings. The third-order valence-electron chi connectivity index (χ3n) is 3.85. The molecule has 0 spiro atoms. The van der Waals surface area contributed by atoms with Gasteiger partial charge in [-0.3, -0.25) is 19.8 Å². The van der Waals surface area contributed by atoms with Crippen molar-refractivity contribution >= 4 is 46.0 Å². The van der Waals surface area contributed by atoms with Crippen LogP contribution in [0.1, 0.15) is 11.1 Å². The highest BCUT2D eigenvalue weighted by atomic mass is 32.2. The van der Waals surface area contributed by atoms with Crippen LogP contribution in [0.3, 0.4) is 0 Å². The number of hydrogen-bond acceptors (Lipinski definition) is 7. The molecule has 0 aromatic heterocycles. The Kier molecular flexibility index (Phi) is 5.43. The second-order valence-electron chi connectivity index (χ2n) is 5.60. The minimum atomic E-state index is -0.712. The Morgan fingerprint density at radius 1 is 1.33 bits per heavy atom. The van der Waals surface area contributed by atoms with Gasteiger partial charge in [-0.1, -0.05) is 54.3 Å². The number of thioether (sulfide) groups is 1. The molecule has 1 aliphatic rings. The quantitative estimate of drug-likeness (QED) is 0.353. The minimum Gasteiger partial charge on any atom is -0.500 e. The number of thiocarbonyl (C=S) groups is 1. The van der Waals surface area contributed by atoms with Crippen molar-refractivity contribution in [2.24, 2.45) is 0 Å². The second kappa shape index (κ2) is 7.77. The first-order chi connectivity index (χ1) is 12.9. The number of benzene rings is 2. The fraction of sp³-hybridized carbons (Fsp3) is 0.111. The number of nitrogens with zero attached hydrogens (tertiary/aromatic N) is 2. The zero-order valence-corrected chi connectivity index (χ0v) is 15.8. The Bertz CT molecular complexity index is 960. The number of hydrogen-bond donors (Lipinski definition) is 1. The minimum absolute atomic E-state index is 0.0461. The van der Waals surface area contributed by atoms with E-state index in [9.17, 15) is 20.0 Å². The Morgan fingerprint density at radius 2 is 2.04 bits per heavy atom. The summed E-state index contributed by atoms with van der Waals surface area (Å²) in [6, 6.07) is 12.1. The topological polar surface area (TPSA) is 92.9 Å². The summed E-state index contributed by atoms with van der Waals surface area (Å²) < 4.78 is 5.39. The zero-order valence-electron chi connectivity index (χ0n) is 14.1. The van der Waals surface area contributed by atoms with Gasteiger partial charge >= 0.3 is 5.69 Å². The molecule has 1 aliphatic heterocycles. The molecular formula is C18H14N2O5S2. The maximum absolute atomic E-state index is 12.7. The Balaban J connectivity index is 1.92. The highest BCUT2D eigenvalue weighted by molar-refractivity contribution is 8.26. The Hall–Kier alpha value is -2.91. The van der Waals surface area contributed by atoms with Crippen molar-refractivity contribution in [2.75, 3.05) is 7.11 Å². The SMILES string of the molecule is COc1cc(C=C2SC(=S)N(Cc3ccccc3)C2=O)cc([N+](=O)[O-])c1O. The largest absolute Gasteiger partial charge is 0.500 e. The normalized spacial score (nSPS) is 15.4. The van der Waals surface area contributed by atoms with Crippen LogP contribution >= 0.6 is 24.0 Å². The molecule has 0 atom stereocenters. The predicted molar refractivity (Wildman–Crippen MR) is 106 cm³/mol. The van der Waals surface area contributed by atoms with Crippen LogP contribution in [0.25, 0.3) is 6.08 Å². The molecule has 0 radical (unpaired) electrons. The lowest BCUT2D eigenvalue weighted by atomic mass is 10.1. The summed E-state index contributed by atoms with van der Waals surface area (Å²) in [5.41, 5.74) is 0.800. The summed E-state index contributed by atoms with van der Waals surface area (Å²) in [5.74, 6) is -0.880. The molecule has 3 rings (SSSR count). The van der Waals surface area contributed by atoms with Gasteiger partial charge in [-0.15, -0.1) is 0 Å². The van der Waals surface area contributed by atoms with Crippen molar-refractivity contribution in [3.8, 4) is 11.5 Å². The summed E-state index contributed by atoms with van der Waals surface area (Å²) >= 11 is 6.42.